The van der Waals surface area contributed by atoms with E-state index in [1.165, 1.54) is 0 Å². The first-order chi connectivity index (χ1) is 11.5. The van der Waals surface area contributed by atoms with Crippen LogP contribution in [-0.4, -0.2) is 35.0 Å². The number of aliphatic carboxylic acids is 1. The second-order valence-electron chi connectivity index (χ2n) is 6.85. The normalized spacial score (nSPS) is 26.2. The molecular formula is C18H21Cl2NO3. The molecular weight excluding hydrogens is 349 g/mol. The van der Waals surface area contributed by atoms with Crippen LogP contribution in [0, 0.1) is 11.8 Å². The molecule has 1 saturated heterocycles. The summed E-state index contributed by atoms with van der Waals surface area (Å²) in [6.07, 6.45) is 3.66. The summed E-state index contributed by atoms with van der Waals surface area (Å²) in [5, 5.41) is 9.88. The van der Waals surface area contributed by atoms with E-state index in [0.717, 1.165) is 31.4 Å². The molecule has 2 aliphatic rings. The maximum Gasteiger partial charge on any atom is 0.303 e. The van der Waals surface area contributed by atoms with E-state index < -0.39 is 5.97 Å². The van der Waals surface area contributed by atoms with Crippen LogP contribution in [0.15, 0.2) is 18.2 Å². The van der Waals surface area contributed by atoms with Crippen LogP contribution in [0.2, 0.25) is 10.0 Å². The van der Waals surface area contributed by atoms with Crippen LogP contribution in [0.5, 0.6) is 0 Å². The topological polar surface area (TPSA) is 57.6 Å². The maximum atomic E-state index is 12.7. The summed E-state index contributed by atoms with van der Waals surface area (Å²) in [6, 6.07) is 5.58. The average molecular weight is 370 g/mol. The first-order valence-electron chi connectivity index (χ1n) is 8.41. The van der Waals surface area contributed by atoms with Gasteiger partial charge >= 0.3 is 5.97 Å². The number of hydrogen-bond donors (Lipinski definition) is 1. The van der Waals surface area contributed by atoms with Gasteiger partial charge in [-0.25, -0.2) is 0 Å². The molecule has 1 aliphatic carbocycles. The second kappa shape index (κ2) is 7.32. The summed E-state index contributed by atoms with van der Waals surface area (Å²) >= 11 is 12.0. The van der Waals surface area contributed by atoms with Crippen LogP contribution >= 0.6 is 23.2 Å². The molecule has 1 heterocycles. The van der Waals surface area contributed by atoms with Gasteiger partial charge in [0.15, 0.2) is 0 Å². The van der Waals surface area contributed by atoms with Gasteiger partial charge in [0.2, 0.25) is 5.91 Å². The number of nitrogens with zero attached hydrogens (tertiary/aromatic N) is 1. The standard InChI is InChI=1S/C18H21Cl2NO3/c19-15-5-4-12(8-16(15)20)13-9-14(13)18(24)21-7-1-2-11(10-21)3-6-17(22)23/h4-5,8,11,13-14H,1-3,6-7,9-10H2,(H,22,23). The number of carboxylic acid groups (broad SMARTS) is 1. The van der Waals surface area contributed by atoms with Crippen molar-refractivity contribution in [3.8, 4) is 0 Å². The van der Waals surface area contributed by atoms with Crippen LogP contribution in [0.25, 0.3) is 0 Å². The first kappa shape index (κ1) is 17.6. The summed E-state index contributed by atoms with van der Waals surface area (Å²) in [4.78, 5) is 25.4. The molecule has 0 aromatic heterocycles. The van der Waals surface area contributed by atoms with Crippen molar-refractivity contribution >= 4 is 35.1 Å². The minimum atomic E-state index is -0.764. The molecule has 4 nitrogen and oxygen atoms in total. The van der Waals surface area contributed by atoms with Gasteiger partial charge in [-0.3, -0.25) is 9.59 Å². The third-order valence-electron chi connectivity index (χ3n) is 5.08. The zero-order valence-corrected chi connectivity index (χ0v) is 14.9. The van der Waals surface area contributed by atoms with E-state index in [1.54, 1.807) is 6.07 Å². The van der Waals surface area contributed by atoms with Crippen LogP contribution in [0.4, 0.5) is 0 Å². The summed E-state index contributed by atoms with van der Waals surface area (Å²) in [5.74, 6) is -0.000438. The Balaban J connectivity index is 1.57. The Morgan fingerprint density at radius 2 is 2.04 bits per heavy atom. The van der Waals surface area contributed by atoms with Gasteiger partial charge in [0.05, 0.1) is 10.0 Å². The molecule has 1 aromatic carbocycles. The lowest BCUT2D eigenvalue weighted by Crippen LogP contribution is -2.41. The third-order valence-corrected chi connectivity index (χ3v) is 5.82. The highest BCUT2D eigenvalue weighted by Crippen LogP contribution is 2.49. The van der Waals surface area contributed by atoms with Gasteiger partial charge in [-0.2, -0.15) is 0 Å². The predicted octanol–water partition coefficient (Wildman–Crippen LogP) is 4.20. The van der Waals surface area contributed by atoms with Crippen molar-refractivity contribution in [2.45, 2.75) is 38.0 Å². The Kier molecular flexibility index (Phi) is 5.36. The molecule has 130 valence electrons. The Labute approximate surface area is 151 Å². The van der Waals surface area contributed by atoms with Crippen molar-refractivity contribution < 1.29 is 14.7 Å². The van der Waals surface area contributed by atoms with E-state index in [1.807, 2.05) is 17.0 Å². The lowest BCUT2D eigenvalue weighted by molar-refractivity contribution is -0.137. The van der Waals surface area contributed by atoms with Gasteiger partial charge in [-0.15, -0.1) is 0 Å². The largest absolute Gasteiger partial charge is 0.481 e. The van der Waals surface area contributed by atoms with Crippen molar-refractivity contribution in [1.29, 1.82) is 0 Å². The Morgan fingerprint density at radius 1 is 1.25 bits per heavy atom. The number of likely N-dealkylation sites (tertiary alicyclic amines) is 1. The molecule has 0 radical (unpaired) electrons. The Morgan fingerprint density at radius 3 is 2.75 bits per heavy atom. The number of carbonyl (C=O) groups excluding carboxylic acids is 1. The number of carbonyl (C=O) groups is 2. The Bertz CT molecular complexity index is 649. The van der Waals surface area contributed by atoms with Crippen molar-refractivity contribution in [3.63, 3.8) is 0 Å². The number of piperidine rings is 1. The number of amides is 1. The van der Waals surface area contributed by atoms with E-state index in [0.29, 0.717) is 28.9 Å². The van der Waals surface area contributed by atoms with E-state index >= 15 is 0 Å². The highest BCUT2D eigenvalue weighted by atomic mass is 35.5. The van der Waals surface area contributed by atoms with Gasteiger partial charge < -0.3 is 10.0 Å². The number of halogens is 2. The van der Waals surface area contributed by atoms with Crippen LogP contribution in [0.1, 0.15) is 43.6 Å². The van der Waals surface area contributed by atoms with Crippen molar-refractivity contribution in [2.75, 3.05) is 13.1 Å². The number of rotatable bonds is 5. The lowest BCUT2D eigenvalue weighted by Gasteiger charge is -2.33. The molecule has 1 aromatic rings. The minimum absolute atomic E-state index is 0.0282. The summed E-state index contributed by atoms with van der Waals surface area (Å²) in [6.45, 7) is 1.48. The van der Waals surface area contributed by atoms with Gasteiger partial charge in [0, 0.05) is 25.4 Å². The molecule has 3 rings (SSSR count). The maximum absolute atomic E-state index is 12.7. The fourth-order valence-electron chi connectivity index (χ4n) is 3.64. The number of carboxylic acids is 1. The van der Waals surface area contributed by atoms with Gasteiger partial charge in [0.1, 0.15) is 0 Å². The molecule has 1 aliphatic heterocycles. The fourth-order valence-corrected chi connectivity index (χ4v) is 3.95. The van der Waals surface area contributed by atoms with E-state index in [-0.39, 0.29) is 24.2 Å². The predicted molar refractivity (Wildman–Crippen MR) is 93.5 cm³/mol. The highest BCUT2D eigenvalue weighted by molar-refractivity contribution is 6.42. The van der Waals surface area contributed by atoms with Gasteiger partial charge in [-0.05, 0) is 55.2 Å². The second-order valence-corrected chi connectivity index (χ2v) is 7.66. The summed E-state index contributed by atoms with van der Waals surface area (Å²) in [7, 11) is 0. The highest BCUT2D eigenvalue weighted by Gasteiger charge is 2.46. The average Bonchev–Trinajstić information content (AvgIpc) is 3.35. The molecule has 1 N–H and O–H groups in total. The van der Waals surface area contributed by atoms with E-state index in [4.69, 9.17) is 28.3 Å². The van der Waals surface area contributed by atoms with Gasteiger partial charge in [0.25, 0.3) is 0 Å². The number of benzene rings is 1. The molecule has 3 unspecified atom stereocenters. The quantitative estimate of drug-likeness (QED) is 0.845. The molecule has 2 fully saturated rings. The van der Waals surface area contributed by atoms with Crippen molar-refractivity contribution in [3.05, 3.63) is 33.8 Å². The van der Waals surface area contributed by atoms with Crippen LogP contribution < -0.4 is 0 Å². The van der Waals surface area contributed by atoms with Crippen molar-refractivity contribution in [1.82, 2.24) is 4.90 Å². The lowest BCUT2D eigenvalue weighted by atomic mass is 9.93. The zero-order valence-electron chi connectivity index (χ0n) is 13.4. The smallest absolute Gasteiger partial charge is 0.303 e. The monoisotopic (exact) mass is 369 g/mol. The van der Waals surface area contributed by atoms with Crippen LogP contribution in [-0.2, 0) is 9.59 Å². The summed E-state index contributed by atoms with van der Waals surface area (Å²) < 4.78 is 0. The molecule has 1 amide bonds. The summed E-state index contributed by atoms with van der Waals surface area (Å²) in [5.41, 5.74) is 1.07. The van der Waals surface area contributed by atoms with Crippen molar-refractivity contribution in [2.24, 2.45) is 11.8 Å². The van der Waals surface area contributed by atoms with E-state index in [2.05, 4.69) is 0 Å². The first-order valence-corrected chi connectivity index (χ1v) is 9.17. The van der Waals surface area contributed by atoms with Crippen LogP contribution in [0.3, 0.4) is 0 Å². The zero-order chi connectivity index (χ0) is 17.3. The molecule has 0 spiro atoms. The third kappa shape index (κ3) is 4.04. The fraction of sp³-hybridized carbons (Fsp3) is 0.556. The molecule has 3 atom stereocenters. The molecule has 6 heteroatoms. The SMILES string of the molecule is O=C(O)CCC1CCCN(C(=O)C2CC2c2ccc(Cl)c(Cl)c2)C1. The van der Waals surface area contributed by atoms with Gasteiger partial charge in [-0.1, -0.05) is 29.3 Å². The molecule has 1 saturated carbocycles. The van der Waals surface area contributed by atoms with E-state index in [9.17, 15) is 9.59 Å². The molecule has 24 heavy (non-hydrogen) atoms. The number of hydrogen-bond acceptors (Lipinski definition) is 2. The Hall–Kier alpha value is -1.26. The molecule has 0 bridgehead atoms. The minimum Gasteiger partial charge on any atom is -0.481 e.